The van der Waals surface area contributed by atoms with Crippen molar-refractivity contribution >= 4 is 43.1 Å². The van der Waals surface area contributed by atoms with Crippen molar-refractivity contribution in [1.82, 2.24) is 24.9 Å². The summed E-state index contributed by atoms with van der Waals surface area (Å²) in [4.78, 5) is 22.9. The van der Waals surface area contributed by atoms with E-state index >= 15 is 0 Å². The molecular formula is C41H25N5. The molecule has 9 rings (SSSR count). The number of aromatic nitrogens is 5. The minimum atomic E-state index is 0.636. The maximum absolute atomic E-state index is 5.23. The molecule has 0 bridgehead atoms. The fourth-order valence-electron chi connectivity index (χ4n) is 6.61. The van der Waals surface area contributed by atoms with Crippen molar-refractivity contribution in [2.24, 2.45) is 0 Å². The summed E-state index contributed by atoms with van der Waals surface area (Å²) >= 11 is 0. The highest BCUT2D eigenvalue weighted by Gasteiger charge is 2.17. The van der Waals surface area contributed by atoms with Crippen molar-refractivity contribution in [2.45, 2.75) is 0 Å². The third-order valence-corrected chi connectivity index (χ3v) is 8.71. The van der Waals surface area contributed by atoms with E-state index in [4.69, 9.17) is 9.97 Å². The van der Waals surface area contributed by atoms with Gasteiger partial charge in [0.15, 0.2) is 11.6 Å². The van der Waals surface area contributed by atoms with Crippen LogP contribution < -0.4 is 0 Å². The average Bonchev–Trinajstić information content (AvgIpc) is 3.15. The summed E-state index contributed by atoms with van der Waals surface area (Å²) in [5.74, 6) is 1.32. The molecule has 0 aliphatic carbocycles. The van der Waals surface area contributed by atoms with E-state index in [0.29, 0.717) is 11.6 Å². The lowest BCUT2D eigenvalue weighted by molar-refractivity contribution is 1.06. The van der Waals surface area contributed by atoms with Crippen LogP contribution in [0.25, 0.3) is 88.4 Å². The summed E-state index contributed by atoms with van der Waals surface area (Å²) in [6.07, 6.45) is 3.03. The highest BCUT2D eigenvalue weighted by molar-refractivity contribution is 6.32. The van der Waals surface area contributed by atoms with Crippen LogP contribution in [0.2, 0.25) is 0 Å². The second kappa shape index (κ2) is 10.7. The number of fused-ring (bicyclic) bond motifs is 8. The SMILES string of the molecule is c1ccc(-c2nc(-c3ccc(-c4ncncn4)cc3)cc(-c3cc4c5ccccc5c5ccccc5c4c4ccccc34)n2)cc1. The van der Waals surface area contributed by atoms with Gasteiger partial charge in [0.2, 0.25) is 0 Å². The first-order valence-corrected chi connectivity index (χ1v) is 15.2. The Kier molecular flexibility index (Phi) is 6.06. The summed E-state index contributed by atoms with van der Waals surface area (Å²) in [6.45, 7) is 0. The van der Waals surface area contributed by atoms with Crippen LogP contribution in [0.4, 0.5) is 0 Å². The summed E-state index contributed by atoms with van der Waals surface area (Å²) in [5, 5.41) is 9.84. The molecule has 0 saturated carbocycles. The van der Waals surface area contributed by atoms with E-state index in [1.807, 2.05) is 30.3 Å². The van der Waals surface area contributed by atoms with E-state index in [1.54, 1.807) is 0 Å². The summed E-state index contributed by atoms with van der Waals surface area (Å²) in [6, 6.07) is 48.9. The van der Waals surface area contributed by atoms with Gasteiger partial charge in [0.05, 0.1) is 11.4 Å². The average molecular weight is 588 g/mol. The molecule has 7 aromatic carbocycles. The third kappa shape index (κ3) is 4.29. The summed E-state index contributed by atoms with van der Waals surface area (Å²) in [7, 11) is 0. The van der Waals surface area contributed by atoms with Crippen LogP contribution in [-0.4, -0.2) is 24.9 Å². The zero-order valence-corrected chi connectivity index (χ0v) is 24.7. The normalized spacial score (nSPS) is 11.5. The molecule has 2 heterocycles. The molecule has 0 spiro atoms. The Morgan fingerprint density at radius 1 is 0.348 bits per heavy atom. The van der Waals surface area contributed by atoms with Gasteiger partial charge in [-0.25, -0.2) is 24.9 Å². The quantitative estimate of drug-likeness (QED) is 0.192. The molecule has 0 atom stereocenters. The maximum Gasteiger partial charge on any atom is 0.162 e. The van der Waals surface area contributed by atoms with Crippen molar-refractivity contribution in [1.29, 1.82) is 0 Å². The predicted molar refractivity (Wildman–Crippen MR) is 187 cm³/mol. The van der Waals surface area contributed by atoms with Gasteiger partial charge < -0.3 is 0 Å². The van der Waals surface area contributed by atoms with Gasteiger partial charge in [-0.3, -0.25) is 0 Å². The molecule has 46 heavy (non-hydrogen) atoms. The fourth-order valence-corrected chi connectivity index (χ4v) is 6.61. The van der Waals surface area contributed by atoms with E-state index in [-0.39, 0.29) is 0 Å². The first-order chi connectivity index (χ1) is 22.8. The highest BCUT2D eigenvalue weighted by atomic mass is 15.0. The lowest BCUT2D eigenvalue weighted by Crippen LogP contribution is -1.97. The monoisotopic (exact) mass is 587 g/mol. The second-order valence-corrected chi connectivity index (χ2v) is 11.4. The Balaban J connectivity index is 1.33. The Morgan fingerprint density at radius 2 is 0.848 bits per heavy atom. The molecule has 0 radical (unpaired) electrons. The number of rotatable bonds is 4. The molecule has 5 nitrogen and oxygen atoms in total. The van der Waals surface area contributed by atoms with Gasteiger partial charge >= 0.3 is 0 Å². The fraction of sp³-hybridized carbons (Fsp3) is 0. The van der Waals surface area contributed by atoms with E-state index in [1.165, 1.54) is 50.4 Å². The van der Waals surface area contributed by atoms with Gasteiger partial charge in [-0.15, -0.1) is 0 Å². The molecule has 0 aliphatic rings. The van der Waals surface area contributed by atoms with E-state index in [2.05, 4.69) is 124 Å². The van der Waals surface area contributed by atoms with Gasteiger partial charge in [-0.1, -0.05) is 127 Å². The lowest BCUT2D eigenvalue weighted by atomic mass is 9.88. The summed E-state index contributed by atoms with van der Waals surface area (Å²) in [5.41, 5.74) is 5.67. The first-order valence-electron chi connectivity index (χ1n) is 15.2. The van der Waals surface area contributed by atoms with Gasteiger partial charge in [0.25, 0.3) is 0 Å². The van der Waals surface area contributed by atoms with Gasteiger partial charge in [-0.2, -0.15) is 0 Å². The third-order valence-electron chi connectivity index (χ3n) is 8.71. The largest absolute Gasteiger partial charge is 0.228 e. The minimum absolute atomic E-state index is 0.636. The first kappa shape index (κ1) is 26.1. The van der Waals surface area contributed by atoms with Crippen LogP contribution in [0, 0.1) is 0 Å². The molecule has 0 saturated heterocycles. The second-order valence-electron chi connectivity index (χ2n) is 11.4. The van der Waals surface area contributed by atoms with Crippen molar-refractivity contribution in [2.75, 3.05) is 0 Å². The maximum atomic E-state index is 5.23. The number of hydrogen-bond acceptors (Lipinski definition) is 5. The molecule has 2 aromatic heterocycles. The molecule has 0 aliphatic heterocycles. The van der Waals surface area contributed by atoms with Crippen LogP contribution in [0.5, 0.6) is 0 Å². The van der Waals surface area contributed by atoms with Gasteiger partial charge in [-0.05, 0) is 55.2 Å². The molecule has 214 valence electrons. The van der Waals surface area contributed by atoms with Crippen LogP contribution >= 0.6 is 0 Å². The molecular weight excluding hydrogens is 562 g/mol. The van der Waals surface area contributed by atoms with Crippen molar-refractivity contribution < 1.29 is 0 Å². The Hall–Kier alpha value is -6.33. The predicted octanol–water partition coefficient (Wildman–Crippen LogP) is 9.94. The van der Waals surface area contributed by atoms with Gasteiger partial charge in [0, 0.05) is 22.3 Å². The van der Waals surface area contributed by atoms with E-state index in [9.17, 15) is 0 Å². The molecule has 0 fully saturated rings. The van der Waals surface area contributed by atoms with Crippen molar-refractivity contribution in [3.63, 3.8) is 0 Å². The molecule has 0 N–H and O–H groups in total. The van der Waals surface area contributed by atoms with Crippen LogP contribution in [0.15, 0.2) is 152 Å². The highest BCUT2D eigenvalue weighted by Crippen LogP contribution is 2.43. The van der Waals surface area contributed by atoms with Crippen LogP contribution in [-0.2, 0) is 0 Å². The number of nitrogens with zero attached hydrogens (tertiary/aromatic N) is 5. The lowest BCUT2D eigenvalue weighted by Gasteiger charge is -2.16. The zero-order chi connectivity index (χ0) is 30.5. The van der Waals surface area contributed by atoms with Crippen molar-refractivity contribution in [3.05, 3.63) is 152 Å². The minimum Gasteiger partial charge on any atom is -0.228 e. The Labute approximate surface area is 264 Å². The standard InChI is InChI=1S/C41H25N5/c1-2-10-27(11-3-1)41-45-37(26-18-20-28(21-19-26)40-43-24-42-25-44-40)23-38(46-41)35-22-36-31-14-5-4-12-29(31)30-13-6-8-16-33(30)39(36)34-17-9-7-15-32(34)35/h1-25H. The van der Waals surface area contributed by atoms with Crippen molar-refractivity contribution in [3.8, 4) is 45.3 Å². The van der Waals surface area contributed by atoms with E-state index in [0.717, 1.165) is 39.0 Å². The van der Waals surface area contributed by atoms with Gasteiger partial charge in [0.1, 0.15) is 12.7 Å². The van der Waals surface area contributed by atoms with E-state index < -0.39 is 0 Å². The molecule has 9 aromatic rings. The van der Waals surface area contributed by atoms with Crippen LogP contribution in [0.1, 0.15) is 0 Å². The number of benzene rings is 7. The Bertz CT molecular complexity index is 2560. The summed E-state index contributed by atoms with van der Waals surface area (Å²) < 4.78 is 0. The van der Waals surface area contributed by atoms with Crippen LogP contribution in [0.3, 0.4) is 0 Å². The zero-order valence-electron chi connectivity index (χ0n) is 24.7. The Morgan fingerprint density at radius 3 is 1.54 bits per heavy atom. The smallest absolute Gasteiger partial charge is 0.162 e. The topological polar surface area (TPSA) is 64.5 Å². The molecule has 5 heteroatoms. The number of hydrogen-bond donors (Lipinski definition) is 0. The molecule has 0 amide bonds. The molecule has 0 unspecified atom stereocenters.